The zero-order valence-electron chi connectivity index (χ0n) is 15.8. The van der Waals surface area contributed by atoms with E-state index in [-0.39, 0.29) is 17.2 Å². The molecule has 1 aromatic carbocycles. The maximum atomic E-state index is 12.9. The molecule has 0 radical (unpaired) electrons. The molecule has 2 aromatic rings. The lowest BCUT2D eigenvalue weighted by Gasteiger charge is -2.36. The predicted octanol–water partition coefficient (Wildman–Crippen LogP) is 2.79. The Morgan fingerprint density at radius 2 is 1.93 bits per heavy atom. The van der Waals surface area contributed by atoms with Gasteiger partial charge in [0.15, 0.2) is 5.16 Å². The Balaban J connectivity index is 1.55. The van der Waals surface area contributed by atoms with Gasteiger partial charge in [0.2, 0.25) is 5.91 Å². The van der Waals surface area contributed by atoms with Gasteiger partial charge in [-0.15, -0.1) is 0 Å². The standard InChI is InChI=1S/C19H21F3N4O2S/c1-2-14-11-16(27)24-18(23-14)29-12-17(28)26-8-6-25(7-9-26)15-5-3-4-13(10-15)19(20,21)22/h3-5,10-11H,2,6-9,12H2,1H3,(H,23,24,27). The van der Waals surface area contributed by atoms with Gasteiger partial charge >= 0.3 is 6.18 Å². The number of aromatic nitrogens is 2. The SMILES string of the molecule is CCc1cc(=O)[nH]c(SCC(=O)N2CCN(c3cccc(C(F)(F)F)c3)CC2)n1. The summed E-state index contributed by atoms with van der Waals surface area (Å²) < 4.78 is 38.7. The number of carbonyl (C=O) groups excluding carboxylic acids is 1. The molecule has 0 aliphatic carbocycles. The van der Waals surface area contributed by atoms with Gasteiger partial charge in [-0.2, -0.15) is 13.2 Å². The molecule has 29 heavy (non-hydrogen) atoms. The van der Waals surface area contributed by atoms with Crippen molar-refractivity contribution < 1.29 is 18.0 Å². The second-order valence-corrected chi connectivity index (χ2v) is 7.56. The smallest absolute Gasteiger partial charge is 0.368 e. The van der Waals surface area contributed by atoms with Gasteiger partial charge in [0.1, 0.15) is 0 Å². The molecule has 0 spiro atoms. The lowest BCUT2D eigenvalue weighted by atomic mass is 10.1. The van der Waals surface area contributed by atoms with Crippen LogP contribution in [0.4, 0.5) is 18.9 Å². The van der Waals surface area contributed by atoms with E-state index < -0.39 is 11.7 Å². The van der Waals surface area contributed by atoms with Crippen molar-refractivity contribution in [2.45, 2.75) is 24.7 Å². The fraction of sp³-hybridized carbons (Fsp3) is 0.421. The molecule has 1 aliphatic rings. The molecular weight excluding hydrogens is 405 g/mol. The Hall–Kier alpha value is -2.49. The second kappa shape index (κ2) is 8.89. The summed E-state index contributed by atoms with van der Waals surface area (Å²) in [5, 5.41) is 0.408. The first-order valence-electron chi connectivity index (χ1n) is 9.19. The highest BCUT2D eigenvalue weighted by Gasteiger charge is 2.31. The highest BCUT2D eigenvalue weighted by Crippen LogP contribution is 2.31. The fourth-order valence-electron chi connectivity index (χ4n) is 3.05. The normalized spacial score (nSPS) is 14.9. The molecule has 2 heterocycles. The number of benzene rings is 1. The third-order valence-corrected chi connectivity index (χ3v) is 5.50. The molecule has 0 bridgehead atoms. The molecular formula is C19H21F3N4O2S. The monoisotopic (exact) mass is 426 g/mol. The number of thioether (sulfide) groups is 1. The van der Waals surface area contributed by atoms with E-state index in [2.05, 4.69) is 9.97 Å². The number of aryl methyl sites for hydroxylation is 1. The summed E-state index contributed by atoms with van der Waals surface area (Å²) in [4.78, 5) is 34.5. The second-order valence-electron chi connectivity index (χ2n) is 6.60. The molecule has 1 aromatic heterocycles. The van der Waals surface area contributed by atoms with E-state index in [1.54, 1.807) is 11.0 Å². The molecule has 1 aliphatic heterocycles. The number of amides is 1. The van der Waals surface area contributed by atoms with Crippen molar-refractivity contribution in [2.24, 2.45) is 0 Å². The Kier molecular flexibility index (Phi) is 6.51. The van der Waals surface area contributed by atoms with Gasteiger partial charge in [-0.25, -0.2) is 4.98 Å². The number of alkyl halides is 3. The summed E-state index contributed by atoms with van der Waals surface area (Å²) in [5.74, 6) is 0.0443. The van der Waals surface area contributed by atoms with Crippen molar-refractivity contribution >= 4 is 23.4 Å². The lowest BCUT2D eigenvalue weighted by Crippen LogP contribution is -2.49. The topological polar surface area (TPSA) is 69.3 Å². The Morgan fingerprint density at radius 1 is 1.21 bits per heavy atom. The number of hydrogen-bond donors (Lipinski definition) is 1. The highest BCUT2D eigenvalue weighted by atomic mass is 32.2. The van der Waals surface area contributed by atoms with Gasteiger partial charge in [0.05, 0.1) is 11.3 Å². The number of rotatable bonds is 5. The van der Waals surface area contributed by atoms with Gasteiger partial charge in [-0.1, -0.05) is 24.8 Å². The Labute approximate surface area is 170 Å². The van der Waals surface area contributed by atoms with Crippen LogP contribution in [0.3, 0.4) is 0 Å². The summed E-state index contributed by atoms with van der Waals surface area (Å²) in [5.41, 5.74) is 0.236. The molecule has 3 rings (SSSR count). The molecule has 1 fully saturated rings. The van der Waals surface area contributed by atoms with Gasteiger partial charge in [-0.3, -0.25) is 9.59 Å². The van der Waals surface area contributed by atoms with E-state index in [0.717, 1.165) is 12.1 Å². The zero-order chi connectivity index (χ0) is 21.0. The first-order chi connectivity index (χ1) is 13.8. The number of piperazine rings is 1. The van der Waals surface area contributed by atoms with Crippen LogP contribution in [-0.4, -0.2) is 52.7 Å². The number of aromatic amines is 1. The predicted molar refractivity (Wildman–Crippen MR) is 105 cm³/mol. The molecule has 0 unspecified atom stereocenters. The van der Waals surface area contributed by atoms with Crippen molar-refractivity contribution in [3.05, 3.63) is 51.9 Å². The molecule has 156 valence electrons. The number of anilines is 1. The van der Waals surface area contributed by atoms with E-state index in [1.807, 2.05) is 11.8 Å². The molecule has 10 heteroatoms. The van der Waals surface area contributed by atoms with Crippen LogP contribution in [0, 0.1) is 0 Å². The fourth-order valence-corrected chi connectivity index (χ4v) is 3.84. The van der Waals surface area contributed by atoms with Crippen LogP contribution in [-0.2, 0) is 17.4 Å². The van der Waals surface area contributed by atoms with E-state index in [0.29, 0.717) is 49.1 Å². The minimum Gasteiger partial charge on any atom is -0.368 e. The number of hydrogen-bond acceptors (Lipinski definition) is 5. The first-order valence-corrected chi connectivity index (χ1v) is 10.2. The average molecular weight is 426 g/mol. The quantitative estimate of drug-likeness (QED) is 0.588. The molecule has 6 nitrogen and oxygen atoms in total. The average Bonchev–Trinajstić information content (AvgIpc) is 2.71. The number of carbonyl (C=O) groups is 1. The number of nitrogens with one attached hydrogen (secondary N) is 1. The molecule has 0 saturated carbocycles. The molecule has 0 atom stereocenters. The summed E-state index contributed by atoms with van der Waals surface area (Å²) >= 11 is 1.17. The van der Waals surface area contributed by atoms with Crippen LogP contribution in [0.15, 0.2) is 40.3 Å². The first kappa shape index (κ1) is 21.2. The van der Waals surface area contributed by atoms with Crippen molar-refractivity contribution in [3.8, 4) is 0 Å². The highest BCUT2D eigenvalue weighted by molar-refractivity contribution is 7.99. The minimum absolute atomic E-state index is 0.0942. The summed E-state index contributed by atoms with van der Waals surface area (Å²) in [6, 6.07) is 6.65. The van der Waals surface area contributed by atoms with Gasteiger partial charge in [0.25, 0.3) is 5.56 Å². The number of nitrogens with zero attached hydrogens (tertiary/aromatic N) is 3. The van der Waals surface area contributed by atoms with Crippen LogP contribution in [0.1, 0.15) is 18.2 Å². The number of halogens is 3. The maximum absolute atomic E-state index is 12.9. The molecule has 1 N–H and O–H groups in total. The van der Waals surface area contributed by atoms with Crippen molar-refractivity contribution in [1.29, 1.82) is 0 Å². The van der Waals surface area contributed by atoms with Gasteiger partial charge in [0, 0.05) is 43.6 Å². The van der Waals surface area contributed by atoms with Crippen LogP contribution < -0.4 is 10.5 Å². The van der Waals surface area contributed by atoms with Crippen LogP contribution >= 0.6 is 11.8 Å². The summed E-state index contributed by atoms with van der Waals surface area (Å²) in [6.07, 6.45) is -3.75. The summed E-state index contributed by atoms with van der Waals surface area (Å²) in [7, 11) is 0. The summed E-state index contributed by atoms with van der Waals surface area (Å²) in [6.45, 7) is 3.66. The Bertz CT molecular complexity index is 924. The third kappa shape index (κ3) is 5.53. The van der Waals surface area contributed by atoms with Gasteiger partial charge < -0.3 is 14.8 Å². The third-order valence-electron chi connectivity index (χ3n) is 4.64. The largest absolute Gasteiger partial charge is 0.416 e. The minimum atomic E-state index is -4.38. The van der Waals surface area contributed by atoms with Crippen LogP contribution in [0.2, 0.25) is 0 Å². The van der Waals surface area contributed by atoms with E-state index in [9.17, 15) is 22.8 Å². The molecule has 1 amide bonds. The van der Waals surface area contributed by atoms with Crippen LogP contribution in [0.5, 0.6) is 0 Å². The zero-order valence-corrected chi connectivity index (χ0v) is 16.6. The van der Waals surface area contributed by atoms with E-state index in [1.165, 1.54) is 23.9 Å². The van der Waals surface area contributed by atoms with Gasteiger partial charge in [-0.05, 0) is 24.6 Å². The Morgan fingerprint density at radius 3 is 2.59 bits per heavy atom. The van der Waals surface area contributed by atoms with Crippen molar-refractivity contribution in [2.75, 3.05) is 36.8 Å². The van der Waals surface area contributed by atoms with Crippen molar-refractivity contribution in [3.63, 3.8) is 0 Å². The lowest BCUT2D eigenvalue weighted by molar-refractivity contribution is -0.137. The number of H-pyrrole nitrogens is 1. The van der Waals surface area contributed by atoms with E-state index >= 15 is 0 Å². The van der Waals surface area contributed by atoms with E-state index in [4.69, 9.17) is 0 Å². The van der Waals surface area contributed by atoms with Crippen molar-refractivity contribution in [1.82, 2.24) is 14.9 Å². The molecule has 1 saturated heterocycles. The van der Waals surface area contributed by atoms with Crippen LogP contribution in [0.25, 0.3) is 0 Å². The maximum Gasteiger partial charge on any atom is 0.416 e.